The van der Waals surface area contributed by atoms with Crippen LogP contribution in [0.1, 0.15) is 22.9 Å². The van der Waals surface area contributed by atoms with Gasteiger partial charge in [-0.05, 0) is 30.9 Å². The largest absolute Gasteiger partial charge is 0.450 e. The average Bonchev–Trinajstić information content (AvgIpc) is 3.12. The number of ether oxygens (including phenoxy) is 1. The molecule has 29 heavy (non-hydrogen) atoms. The van der Waals surface area contributed by atoms with Crippen molar-refractivity contribution in [3.05, 3.63) is 67.2 Å². The van der Waals surface area contributed by atoms with Gasteiger partial charge in [-0.3, -0.25) is 13.9 Å². The Balaban J connectivity index is 1.73. The molecule has 1 aliphatic rings. The van der Waals surface area contributed by atoms with Gasteiger partial charge < -0.3 is 9.64 Å². The van der Waals surface area contributed by atoms with Gasteiger partial charge in [-0.1, -0.05) is 30.3 Å². The molecule has 1 aliphatic heterocycles. The first kappa shape index (κ1) is 19.4. The second-order valence-electron chi connectivity index (χ2n) is 7.09. The van der Waals surface area contributed by atoms with Crippen molar-refractivity contribution in [2.45, 2.75) is 32.9 Å². The Morgan fingerprint density at radius 2 is 1.97 bits per heavy atom. The fourth-order valence-electron chi connectivity index (χ4n) is 3.79. The molecule has 0 spiro atoms. The lowest BCUT2D eigenvalue weighted by atomic mass is 10.1. The van der Waals surface area contributed by atoms with Crippen molar-refractivity contribution in [3.8, 4) is 0 Å². The second-order valence-corrected chi connectivity index (χ2v) is 8.17. The number of rotatable bonds is 4. The van der Waals surface area contributed by atoms with Gasteiger partial charge in [-0.2, -0.15) is 0 Å². The predicted molar refractivity (Wildman–Crippen MR) is 113 cm³/mol. The fourth-order valence-corrected chi connectivity index (χ4v) is 5.10. The summed E-state index contributed by atoms with van der Waals surface area (Å²) < 4.78 is 7.99. The van der Waals surface area contributed by atoms with E-state index in [1.807, 2.05) is 30.3 Å². The minimum atomic E-state index is -0.343. The van der Waals surface area contributed by atoms with Crippen molar-refractivity contribution in [2.24, 2.45) is 7.05 Å². The highest BCUT2D eigenvalue weighted by Gasteiger charge is 2.28. The SMILES string of the molecule is CCOC(=O)N1CCc2c(sc3c2c(=O)n(CCc2ccccc2)c(=O)n3C)C1. The fraction of sp³-hybridized carbons (Fsp3) is 0.381. The van der Waals surface area contributed by atoms with Crippen LogP contribution in [-0.2, 0) is 37.7 Å². The molecule has 3 aromatic rings. The van der Waals surface area contributed by atoms with Gasteiger partial charge in [0.05, 0.1) is 18.5 Å². The maximum atomic E-state index is 13.2. The third kappa shape index (κ3) is 3.48. The van der Waals surface area contributed by atoms with Gasteiger partial charge in [-0.15, -0.1) is 11.3 Å². The Labute approximate surface area is 171 Å². The molecule has 152 valence electrons. The van der Waals surface area contributed by atoms with Gasteiger partial charge in [0.1, 0.15) is 4.83 Å². The molecular weight excluding hydrogens is 390 g/mol. The molecule has 0 saturated carbocycles. The van der Waals surface area contributed by atoms with Crippen LogP contribution in [0.5, 0.6) is 0 Å². The van der Waals surface area contributed by atoms with Crippen LogP contribution in [0.3, 0.4) is 0 Å². The maximum absolute atomic E-state index is 13.2. The quantitative estimate of drug-likeness (QED) is 0.659. The van der Waals surface area contributed by atoms with Crippen LogP contribution in [0.25, 0.3) is 10.2 Å². The summed E-state index contributed by atoms with van der Waals surface area (Å²) in [4.78, 5) is 41.4. The zero-order valence-electron chi connectivity index (χ0n) is 16.5. The maximum Gasteiger partial charge on any atom is 0.410 e. The molecule has 0 atom stereocenters. The molecule has 7 nitrogen and oxygen atoms in total. The zero-order chi connectivity index (χ0) is 20.5. The van der Waals surface area contributed by atoms with Crippen LogP contribution in [0.4, 0.5) is 4.79 Å². The number of aryl methyl sites for hydroxylation is 2. The van der Waals surface area contributed by atoms with Crippen molar-refractivity contribution in [2.75, 3.05) is 13.2 Å². The normalized spacial score (nSPS) is 13.5. The molecule has 1 amide bonds. The van der Waals surface area contributed by atoms with Gasteiger partial charge in [-0.25, -0.2) is 9.59 Å². The molecule has 0 fully saturated rings. The molecule has 0 N–H and O–H groups in total. The number of fused-ring (bicyclic) bond motifs is 3. The summed E-state index contributed by atoms with van der Waals surface area (Å²) >= 11 is 1.42. The van der Waals surface area contributed by atoms with Crippen LogP contribution >= 0.6 is 11.3 Å². The van der Waals surface area contributed by atoms with Crippen molar-refractivity contribution < 1.29 is 9.53 Å². The summed E-state index contributed by atoms with van der Waals surface area (Å²) in [5, 5.41) is 0.615. The average molecular weight is 413 g/mol. The van der Waals surface area contributed by atoms with E-state index in [1.54, 1.807) is 23.4 Å². The second kappa shape index (κ2) is 7.87. The number of amides is 1. The van der Waals surface area contributed by atoms with Crippen molar-refractivity contribution in [1.82, 2.24) is 14.0 Å². The zero-order valence-corrected chi connectivity index (χ0v) is 17.3. The van der Waals surface area contributed by atoms with Gasteiger partial charge >= 0.3 is 11.8 Å². The molecular formula is C21H23N3O4S. The highest BCUT2D eigenvalue weighted by Crippen LogP contribution is 2.32. The third-order valence-electron chi connectivity index (χ3n) is 5.31. The first-order chi connectivity index (χ1) is 14.0. The Hall–Kier alpha value is -2.87. The third-order valence-corrected chi connectivity index (χ3v) is 6.61. The van der Waals surface area contributed by atoms with Crippen LogP contribution in [0, 0.1) is 0 Å². The molecule has 0 aliphatic carbocycles. The molecule has 3 heterocycles. The van der Waals surface area contributed by atoms with E-state index in [-0.39, 0.29) is 17.3 Å². The van der Waals surface area contributed by atoms with E-state index in [9.17, 15) is 14.4 Å². The van der Waals surface area contributed by atoms with Crippen LogP contribution in [0.2, 0.25) is 0 Å². The van der Waals surface area contributed by atoms with Gasteiger partial charge in [0, 0.05) is 25.0 Å². The summed E-state index contributed by atoms with van der Waals surface area (Å²) in [5.74, 6) is 0. The Kier molecular flexibility index (Phi) is 5.27. The number of nitrogens with zero attached hydrogens (tertiary/aromatic N) is 3. The first-order valence-corrected chi connectivity index (χ1v) is 10.5. The number of thiophene rings is 1. The lowest BCUT2D eigenvalue weighted by molar-refractivity contribution is 0.103. The predicted octanol–water partition coefficient (Wildman–Crippen LogP) is 2.52. The van der Waals surface area contributed by atoms with Crippen LogP contribution in [-0.4, -0.2) is 33.3 Å². The van der Waals surface area contributed by atoms with Crippen LogP contribution in [0.15, 0.2) is 39.9 Å². The standard InChI is InChI=1S/C21H23N3O4S/c1-3-28-21(27)23-11-10-15-16(13-23)29-19-17(15)18(25)24(20(26)22(19)2)12-9-14-7-5-4-6-8-14/h4-8H,3,9-13H2,1-2H3. The molecule has 2 aromatic heterocycles. The lowest BCUT2D eigenvalue weighted by Crippen LogP contribution is -2.40. The minimum absolute atomic E-state index is 0.235. The number of hydrogen-bond donors (Lipinski definition) is 0. The topological polar surface area (TPSA) is 73.5 Å². The molecule has 1 aromatic carbocycles. The minimum Gasteiger partial charge on any atom is -0.450 e. The number of benzene rings is 1. The molecule has 0 radical (unpaired) electrons. The van der Waals surface area contributed by atoms with E-state index in [4.69, 9.17) is 4.74 Å². The lowest BCUT2D eigenvalue weighted by Gasteiger charge is -2.25. The summed E-state index contributed by atoms with van der Waals surface area (Å²) in [6.07, 6.45) is 0.856. The van der Waals surface area contributed by atoms with Crippen molar-refractivity contribution in [3.63, 3.8) is 0 Å². The summed E-state index contributed by atoms with van der Waals surface area (Å²) in [6, 6.07) is 9.82. The first-order valence-electron chi connectivity index (χ1n) is 9.71. The molecule has 0 saturated heterocycles. The highest BCUT2D eigenvalue weighted by molar-refractivity contribution is 7.18. The van der Waals surface area contributed by atoms with Crippen molar-refractivity contribution in [1.29, 1.82) is 0 Å². The number of aromatic nitrogens is 2. The van der Waals surface area contributed by atoms with Crippen molar-refractivity contribution >= 4 is 27.6 Å². The van der Waals surface area contributed by atoms with Crippen LogP contribution < -0.4 is 11.2 Å². The molecule has 8 heteroatoms. The summed E-state index contributed by atoms with van der Waals surface area (Å²) in [6.45, 7) is 3.36. The van der Waals surface area contributed by atoms with Gasteiger partial charge in [0.25, 0.3) is 5.56 Å². The Morgan fingerprint density at radius 1 is 1.21 bits per heavy atom. The highest BCUT2D eigenvalue weighted by atomic mass is 32.1. The number of hydrogen-bond acceptors (Lipinski definition) is 5. The Bertz CT molecular complexity index is 1180. The number of carbonyl (C=O) groups excluding carboxylic acids is 1. The summed E-state index contributed by atoms with van der Waals surface area (Å²) in [7, 11) is 1.70. The van der Waals surface area contributed by atoms with E-state index < -0.39 is 0 Å². The number of carbonyl (C=O) groups is 1. The molecule has 0 bridgehead atoms. The van der Waals surface area contributed by atoms with Gasteiger partial charge in [0.2, 0.25) is 0 Å². The van der Waals surface area contributed by atoms with E-state index in [0.717, 1.165) is 16.0 Å². The monoisotopic (exact) mass is 413 g/mol. The Morgan fingerprint density at radius 3 is 2.69 bits per heavy atom. The van der Waals surface area contributed by atoms with E-state index in [2.05, 4.69) is 0 Å². The molecule has 0 unspecified atom stereocenters. The molecule has 4 rings (SSSR count). The smallest absolute Gasteiger partial charge is 0.410 e. The van der Waals surface area contributed by atoms with Gasteiger partial charge in [0.15, 0.2) is 0 Å². The summed E-state index contributed by atoms with van der Waals surface area (Å²) in [5.41, 5.74) is 1.50. The van der Waals surface area contributed by atoms with E-state index in [0.29, 0.717) is 49.3 Å². The van der Waals surface area contributed by atoms with E-state index in [1.165, 1.54) is 15.9 Å². The van der Waals surface area contributed by atoms with E-state index >= 15 is 0 Å².